The smallest absolute Gasteiger partial charge is 0.143 e. The fourth-order valence-corrected chi connectivity index (χ4v) is 8.73. The molecule has 10 aromatic carbocycles. The standard InChI is InChI=1S/C52H32O/c1-2-15-36-35(14-1)32-48(38-17-4-3-16-37(36)38)33-28-30-34(31-29-33)50-42-21-7-9-23-44(42)51(45-24-10-8-22-43(45)50)41-20-6-5-18-39(41)46-25-13-26-47-40-19-11-12-27-49(40)53-52(46)47/h1-32H. The fraction of sp³-hybridized carbons (Fsp3) is 0. The van der Waals surface area contributed by atoms with E-state index < -0.39 is 0 Å². The summed E-state index contributed by atoms with van der Waals surface area (Å²) >= 11 is 0. The second-order valence-electron chi connectivity index (χ2n) is 13.9. The van der Waals surface area contributed by atoms with Gasteiger partial charge in [0.2, 0.25) is 0 Å². The maximum Gasteiger partial charge on any atom is 0.143 e. The molecule has 0 fully saturated rings. The van der Waals surface area contributed by atoms with Gasteiger partial charge in [0.25, 0.3) is 0 Å². The Morgan fingerprint density at radius 2 is 0.755 bits per heavy atom. The number of benzene rings is 10. The predicted molar refractivity (Wildman–Crippen MR) is 225 cm³/mol. The quantitative estimate of drug-likeness (QED) is 0.134. The van der Waals surface area contributed by atoms with E-state index in [0.29, 0.717) is 0 Å². The van der Waals surface area contributed by atoms with Crippen molar-refractivity contribution in [2.75, 3.05) is 0 Å². The Labute approximate surface area is 307 Å². The first kappa shape index (κ1) is 29.7. The molecule has 0 bridgehead atoms. The first-order valence-electron chi connectivity index (χ1n) is 18.3. The highest BCUT2D eigenvalue weighted by molar-refractivity contribution is 6.23. The van der Waals surface area contributed by atoms with Crippen molar-refractivity contribution in [1.82, 2.24) is 0 Å². The predicted octanol–water partition coefficient (Wildman–Crippen LogP) is 14.9. The number of fused-ring (bicyclic) bond motifs is 8. The number of para-hydroxylation sites is 2. The Hall–Kier alpha value is -6.96. The number of hydrogen-bond acceptors (Lipinski definition) is 1. The maximum absolute atomic E-state index is 6.57. The minimum Gasteiger partial charge on any atom is -0.455 e. The molecule has 1 nitrogen and oxygen atoms in total. The van der Waals surface area contributed by atoms with Crippen molar-refractivity contribution in [2.24, 2.45) is 0 Å². The highest BCUT2D eigenvalue weighted by atomic mass is 16.3. The first-order valence-corrected chi connectivity index (χ1v) is 18.3. The lowest BCUT2D eigenvalue weighted by Crippen LogP contribution is -1.93. The normalized spacial score (nSPS) is 11.8. The Morgan fingerprint density at radius 3 is 1.47 bits per heavy atom. The maximum atomic E-state index is 6.57. The Bertz CT molecular complexity index is 3160. The van der Waals surface area contributed by atoms with Crippen molar-refractivity contribution < 1.29 is 4.42 Å². The summed E-state index contributed by atoms with van der Waals surface area (Å²) < 4.78 is 6.57. The number of rotatable bonds is 4. The molecule has 0 amide bonds. The van der Waals surface area contributed by atoms with Crippen LogP contribution in [-0.4, -0.2) is 0 Å². The summed E-state index contributed by atoms with van der Waals surface area (Å²) in [6.07, 6.45) is 0. The lowest BCUT2D eigenvalue weighted by Gasteiger charge is -2.20. The molecule has 11 aromatic rings. The van der Waals surface area contributed by atoms with Crippen molar-refractivity contribution in [3.8, 4) is 44.5 Å². The van der Waals surface area contributed by atoms with Gasteiger partial charge in [0.15, 0.2) is 0 Å². The molecule has 53 heavy (non-hydrogen) atoms. The van der Waals surface area contributed by atoms with Crippen LogP contribution in [0.25, 0.3) is 110 Å². The molecular weight excluding hydrogens is 641 g/mol. The van der Waals surface area contributed by atoms with Crippen LogP contribution in [0, 0.1) is 0 Å². The second kappa shape index (κ2) is 11.8. The molecule has 0 atom stereocenters. The lowest BCUT2D eigenvalue weighted by molar-refractivity contribution is 0.670. The van der Waals surface area contributed by atoms with Crippen LogP contribution in [-0.2, 0) is 0 Å². The van der Waals surface area contributed by atoms with Crippen LogP contribution in [0.3, 0.4) is 0 Å². The Kier molecular flexibility index (Phi) is 6.62. The van der Waals surface area contributed by atoms with Gasteiger partial charge in [0.1, 0.15) is 11.2 Å². The van der Waals surface area contributed by atoms with Crippen molar-refractivity contribution >= 4 is 65.0 Å². The summed E-state index contributed by atoms with van der Waals surface area (Å²) in [4.78, 5) is 0. The second-order valence-corrected chi connectivity index (χ2v) is 13.9. The van der Waals surface area contributed by atoms with Gasteiger partial charge < -0.3 is 4.42 Å². The van der Waals surface area contributed by atoms with Gasteiger partial charge in [-0.1, -0.05) is 182 Å². The van der Waals surface area contributed by atoms with E-state index in [1.54, 1.807) is 0 Å². The van der Waals surface area contributed by atoms with Gasteiger partial charge >= 0.3 is 0 Å². The van der Waals surface area contributed by atoms with E-state index in [4.69, 9.17) is 4.42 Å². The molecule has 0 unspecified atom stereocenters. The van der Waals surface area contributed by atoms with Crippen LogP contribution in [0.15, 0.2) is 199 Å². The molecule has 0 aliphatic rings. The highest BCUT2D eigenvalue weighted by Gasteiger charge is 2.21. The van der Waals surface area contributed by atoms with Crippen LogP contribution in [0.1, 0.15) is 0 Å². The summed E-state index contributed by atoms with van der Waals surface area (Å²) in [6, 6.07) is 70.5. The van der Waals surface area contributed by atoms with E-state index in [0.717, 1.165) is 33.1 Å². The zero-order valence-corrected chi connectivity index (χ0v) is 28.9. The zero-order valence-electron chi connectivity index (χ0n) is 28.9. The minimum absolute atomic E-state index is 0.910. The summed E-state index contributed by atoms with van der Waals surface area (Å²) in [5.41, 5.74) is 11.5. The number of hydrogen-bond donors (Lipinski definition) is 0. The monoisotopic (exact) mass is 672 g/mol. The zero-order chi connectivity index (χ0) is 34.9. The molecule has 1 heterocycles. The molecule has 1 aromatic heterocycles. The molecule has 0 aliphatic heterocycles. The summed E-state index contributed by atoms with van der Waals surface area (Å²) in [6.45, 7) is 0. The summed E-state index contributed by atoms with van der Waals surface area (Å²) in [5.74, 6) is 0. The lowest BCUT2D eigenvalue weighted by atomic mass is 9.83. The average Bonchev–Trinajstić information content (AvgIpc) is 3.62. The van der Waals surface area contributed by atoms with Gasteiger partial charge in [-0.05, 0) is 94.2 Å². The molecular formula is C52H32O. The van der Waals surface area contributed by atoms with Gasteiger partial charge in [-0.15, -0.1) is 0 Å². The van der Waals surface area contributed by atoms with E-state index in [2.05, 4.69) is 188 Å². The number of furan rings is 1. The van der Waals surface area contributed by atoms with E-state index in [1.165, 1.54) is 76.5 Å². The molecule has 0 aliphatic carbocycles. The third kappa shape index (κ3) is 4.58. The topological polar surface area (TPSA) is 13.1 Å². The first-order chi connectivity index (χ1) is 26.3. The molecule has 1 heteroatoms. The molecule has 246 valence electrons. The minimum atomic E-state index is 0.910. The van der Waals surface area contributed by atoms with Crippen LogP contribution in [0.2, 0.25) is 0 Å². The van der Waals surface area contributed by atoms with E-state index in [1.807, 2.05) is 6.07 Å². The van der Waals surface area contributed by atoms with Gasteiger partial charge in [0, 0.05) is 16.3 Å². The Morgan fingerprint density at radius 1 is 0.264 bits per heavy atom. The molecule has 0 saturated heterocycles. The summed E-state index contributed by atoms with van der Waals surface area (Å²) in [7, 11) is 0. The van der Waals surface area contributed by atoms with Crippen molar-refractivity contribution in [3.63, 3.8) is 0 Å². The average molecular weight is 673 g/mol. The van der Waals surface area contributed by atoms with Crippen LogP contribution in [0.4, 0.5) is 0 Å². The summed E-state index contributed by atoms with van der Waals surface area (Å²) in [5, 5.41) is 12.3. The largest absolute Gasteiger partial charge is 0.455 e. The van der Waals surface area contributed by atoms with Gasteiger partial charge in [-0.25, -0.2) is 0 Å². The highest BCUT2D eigenvalue weighted by Crippen LogP contribution is 2.48. The van der Waals surface area contributed by atoms with Crippen molar-refractivity contribution in [2.45, 2.75) is 0 Å². The molecule has 0 saturated carbocycles. The van der Waals surface area contributed by atoms with Crippen LogP contribution < -0.4 is 0 Å². The SMILES string of the molecule is c1ccc(-c2cccc3c2oc2ccccc23)c(-c2c3ccccc3c(-c3ccc(-c4cc5ccccc5c5ccccc45)cc3)c3ccccc23)c1. The van der Waals surface area contributed by atoms with Crippen LogP contribution >= 0.6 is 0 Å². The Balaban J connectivity index is 1.12. The van der Waals surface area contributed by atoms with E-state index in [-0.39, 0.29) is 0 Å². The van der Waals surface area contributed by atoms with Crippen molar-refractivity contribution in [3.05, 3.63) is 194 Å². The van der Waals surface area contributed by atoms with Gasteiger partial charge in [-0.3, -0.25) is 0 Å². The van der Waals surface area contributed by atoms with E-state index in [9.17, 15) is 0 Å². The molecule has 0 N–H and O–H groups in total. The molecule has 0 radical (unpaired) electrons. The van der Waals surface area contributed by atoms with E-state index >= 15 is 0 Å². The third-order valence-corrected chi connectivity index (χ3v) is 11.1. The van der Waals surface area contributed by atoms with Crippen molar-refractivity contribution in [1.29, 1.82) is 0 Å². The molecule has 11 rings (SSSR count). The van der Waals surface area contributed by atoms with Crippen LogP contribution in [0.5, 0.6) is 0 Å². The van der Waals surface area contributed by atoms with Gasteiger partial charge in [-0.2, -0.15) is 0 Å². The van der Waals surface area contributed by atoms with Gasteiger partial charge in [0.05, 0.1) is 0 Å². The third-order valence-electron chi connectivity index (χ3n) is 11.1. The fourth-order valence-electron chi connectivity index (χ4n) is 8.73. The molecule has 0 spiro atoms.